The minimum Gasteiger partial charge on any atom is -0.342 e. The molecule has 0 unspecified atom stereocenters. The lowest BCUT2D eigenvalue weighted by atomic mass is 9.95. The molecule has 2 heterocycles. The molecule has 0 aromatic heterocycles. The van der Waals surface area contributed by atoms with E-state index in [1.54, 1.807) is 17.8 Å². The molecule has 7 heteroatoms. The Bertz CT molecular complexity index is 657. The first-order valence-corrected chi connectivity index (χ1v) is 11.0. The molecule has 1 aromatic rings. The maximum absolute atomic E-state index is 12.5. The van der Waals surface area contributed by atoms with Crippen molar-refractivity contribution in [3.8, 4) is 0 Å². The van der Waals surface area contributed by atoms with E-state index in [0.29, 0.717) is 40.5 Å². The molecule has 0 radical (unpaired) electrons. The molecule has 3 rings (SSSR count). The fourth-order valence-corrected chi connectivity index (χ4v) is 5.04. The standard InChI is InChI=1S/C19H24Cl2N2O2S/c20-16-4-3-15(17(21)11-16)12-26-13-18(24)22-9-5-14(6-10-22)19(25)23-7-1-2-8-23/h3-4,11,14H,1-2,5-10,12-13H2. The van der Waals surface area contributed by atoms with Gasteiger partial charge in [0.15, 0.2) is 0 Å². The number of hydrogen-bond acceptors (Lipinski definition) is 3. The van der Waals surface area contributed by atoms with Gasteiger partial charge in [-0.05, 0) is 43.4 Å². The Labute approximate surface area is 169 Å². The number of rotatable bonds is 5. The summed E-state index contributed by atoms with van der Waals surface area (Å²) in [5.74, 6) is 1.65. The van der Waals surface area contributed by atoms with E-state index in [1.165, 1.54) is 0 Å². The van der Waals surface area contributed by atoms with E-state index in [0.717, 1.165) is 44.3 Å². The highest BCUT2D eigenvalue weighted by molar-refractivity contribution is 7.99. The van der Waals surface area contributed by atoms with Crippen LogP contribution in [0, 0.1) is 5.92 Å². The highest BCUT2D eigenvalue weighted by Gasteiger charge is 2.31. The Balaban J connectivity index is 1.40. The van der Waals surface area contributed by atoms with Gasteiger partial charge in [0.25, 0.3) is 0 Å². The zero-order chi connectivity index (χ0) is 18.5. The third kappa shape index (κ3) is 5.08. The highest BCUT2D eigenvalue weighted by Crippen LogP contribution is 2.26. The SMILES string of the molecule is O=C(CSCc1ccc(Cl)cc1Cl)N1CCC(C(=O)N2CCCC2)CC1. The molecule has 0 aliphatic carbocycles. The quantitative estimate of drug-likeness (QED) is 0.728. The lowest BCUT2D eigenvalue weighted by Gasteiger charge is -2.33. The summed E-state index contributed by atoms with van der Waals surface area (Å²) in [6.07, 6.45) is 3.82. The number of halogens is 2. The van der Waals surface area contributed by atoms with Crippen LogP contribution in [0.5, 0.6) is 0 Å². The van der Waals surface area contributed by atoms with Crippen molar-refractivity contribution in [1.29, 1.82) is 0 Å². The van der Waals surface area contributed by atoms with Crippen LogP contribution in [0.15, 0.2) is 18.2 Å². The van der Waals surface area contributed by atoms with E-state index < -0.39 is 0 Å². The van der Waals surface area contributed by atoms with Gasteiger partial charge in [-0.1, -0.05) is 29.3 Å². The number of piperidine rings is 1. The summed E-state index contributed by atoms with van der Waals surface area (Å²) in [7, 11) is 0. The largest absolute Gasteiger partial charge is 0.342 e. The number of benzene rings is 1. The Morgan fingerprint density at radius 3 is 2.38 bits per heavy atom. The van der Waals surface area contributed by atoms with Gasteiger partial charge in [0.05, 0.1) is 5.75 Å². The summed E-state index contributed by atoms with van der Waals surface area (Å²) in [6.45, 7) is 3.18. The molecule has 2 amide bonds. The second-order valence-corrected chi connectivity index (χ2v) is 8.75. The van der Waals surface area contributed by atoms with Crippen molar-refractivity contribution in [2.45, 2.75) is 31.4 Å². The van der Waals surface area contributed by atoms with E-state index in [-0.39, 0.29) is 11.8 Å². The summed E-state index contributed by atoms with van der Waals surface area (Å²) in [5.41, 5.74) is 0.990. The van der Waals surface area contributed by atoms with Gasteiger partial charge < -0.3 is 9.80 Å². The average molecular weight is 415 g/mol. The molecule has 26 heavy (non-hydrogen) atoms. The predicted molar refractivity (Wildman–Crippen MR) is 108 cm³/mol. The topological polar surface area (TPSA) is 40.6 Å². The second-order valence-electron chi connectivity index (χ2n) is 6.92. The summed E-state index contributed by atoms with van der Waals surface area (Å²) < 4.78 is 0. The van der Waals surface area contributed by atoms with Crippen molar-refractivity contribution in [3.05, 3.63) is 33.8 Å². The Morgan fingerprint density at radius 1 is 1.04 bits per heavy atom. The molecule has 142 valence electrons. The zero-order valence-corrected chi connectivity index (χ0v) is 17.1. The van der Waals surface area contributed by atoms with E-state index in [1.807, 2.05) is 21.9 Å². The first-order chi connectivity index (χ1) is 12.5. The monoisotopic (exact) mass is 414 g/mol. The van der Waals surface area contributed by atoms with E-state index in [9.17, 15) is 9.59 Å². The molecule has 1 aromatic carbocycles. The molecule has 2 fully saturated rings. The Morgan fingerprint density at radius 2 is 1.73 bits per heavy atom. The van der Waals surface area contributed by atoms with Gasteiger partial charge in [-0.3, -0.25) is 9.59 Å². The van der Waals surface area contributed by atoms with E-state index in [4.69, 9.17) is 23.2 Å². The molecule has 2 aliphatic rings. The first-order valence-electron chi connectivity index (χ1n) is 9.13. The van der Waals surface area contributed by atoms with Crippen LogP contribution in [-0.4, -0.2) is 53.5 Å². The summed E-state index contributed by atoms with van der Waals surface area (Å²) >= 11 is 13.6. The molecule has 0 saturated carbocycles. The van der Waals surface area contributed by atoms with Crippen LogP contribution >= 0.6 is 35.0 Å². The average Bonchev–Trinajstić information content (AvgIpc) is 3.17. The lowest BCUT2D eigenvalue weighted by molar-refractivity contribution is -0.139. The normalized spacial score (nSPS) is 18.4. The maximum atomic E-state index is 12.5. The zero-order valence-electron chi connectivity index (χ0n) is 14.8. The van der Waals surface area contributed by atoms with Gasteiger partial charge in [-0.15, -0.1) is 11.8 Å². The number of likely N-dealkylation sites (tertiary alicyclic amines) is 2. The third-order valence-electron chi connectivity index (χ3n) is 5.11. The van der Waals surface area contributed by atoms with Gasteiger partial charge in [0.1, 0.15) is 0 Å². The van der Waals surface area contributed by atoms with Crippen LogP contribution in [0.3, 0.4) is 0 Å². The van der Waals surface area contributed by atoms with Crippen LogP contribution in [-0.2, 0) is 15.3 Å². The number of carbonyl (C=O) groups excluding carboxylic acids is 2. The van der Waals surface area contributed by atoms with Crippen LogP contribution in [0.4, 0.5) is 0 Å². The predicted octanol–water partition coefficient (Wildman–Crippen LogP) is 4.09. The Kier molecular flexibility index (Phi) is 7.12. The third-order valence-corrected chi connectivity index (χ3v) is 6.67. The molecule has 4 nitrogen and oxygen atoms in total. The van der Waals surface area contributed by atoms with Crippen molar-refractivity contribution < 1.29 is 9.59 Å². The molecule has 0 atom stereocenters. The van der Waals surface area contributed by atoms with Gasteiger partial charge in [-0.2, -0.15) is 0 Å². The first kappa shape index (κ1) is 19.8. The summed E-state index contributed by atoms with van der Waals surface area (Å²) in [4.78, 5) is 28.8. The smallest absolute Gasteiger partial charge is 0.232 e. The molecular weight excluding hydrogens is 391 g/mol. The molecule has 0 N–H and O–H groups in total. The number of carbonyl (C=O) groups is 2. The van der Waals surface area contributed by atoms with Crippen LogP contribution in [0.25, 0.3) is 0 Å². The summed E-state index contributed by atoms with van der Waals surface area (Å²) in [5, 5.41) is 1.25. The molecule has 2 saturated heterocycles. The van der Waals surface area contributed by atoms with Gasteiger partial charge in [-0.25, -0.2) is 0 Å². The van der Waals surface area contributed by atoms with Gasteiger partial charge >= 0.3 is 0 Å². The number of thioether (sulfide) groups is 1. The van der Waals surface area contributed by atoms with E-state index in [2.05, 4.69) is 0 Å². The fourth-order valence-electron chi connectivity index (χ4n) is 3.55. The van der Waals surface area contributed by atoms with Crippen molar-refractivity contribution >= 4 is 46.8 Å². The molecule has 0 bridgehead atoms. The number of amides is 2. The summed E-state index contributed by atoms with van der Waals surface area (Å²) in [6, 6.07) is 5.44. The number of nitrogens with zero attached hydrogens (tertiary/aromatic N) is 2. The molecular formula is C19H24Cl2N2O2S. The van der Waals surface area contributed by atoms with Crippen molar-refractivity contribution in [3.63, 3.8) is 0 Å². The second kappa shape index (κ2) is 9.34. The van der Waals surface area contributed by atoms with Crippen LogP contribution < -0.4 is 0 Å². The van der Waals surface area contributed by atoms with Crippen molar-refractivity contribution in [2.75, 3.05) is 31.9 Å². The van der Waals surface area contributed by atoms with Crippen molar-refractivity contribution in [1.82, 2.24) is 9.80 Å². The highest BCUT2D eigenvalue weighted by atomic mass is 35.5. The van der Waals surface area contributed by atoms with Crippen molar-refractivity contribution in [2.24, 2.45) is 5.92 Å². The minimum atomic E-state index is 0.0951. The van der Waals surface area contributed by atoms with Gasteiger partial charge in [0, 0.05) is 47.9 Å². The minimum absolute atomic E-state index is 0.0951. The fraction of sp³-hybridized carbons (Fsp3) is 0.579. The van der Waals surface area contributed by atoms with E-state index >= 15 is 0 Å². The van der Waals surface area contributed by atoms with Gasteiger partial charge in [0.2, 0.25) is 11.8 Å². The molecule has 2 aliphatic heterocycles. The maximum Gasteiger partial charge on any atom is 0.232 e. The molecule has 0 spiro atoms. The van der Waals surface area contributed by atoms with Crippen LogP contribution in [0.2, 0.25) is 10.0 Å². The Hall–Kier alpha value is -0.910. The van der Waals surface area contributed by atoms with Crippen LogP contribution in [0.1, 0.15) is 31.2 Å². The number of hydrogen-bond donors (Lipinski definition) is 0. The lowest BCUT2D eigenvalue weighted by Crippen LogP contribution is -2.44.